The topological polar surface area (TPSA) is 59.2 Å². The minimum absolute atomic E-state index is 0.0924. The van der Waals surface area contributed by atoms with Crippen LogP contribution < -0.4 is 0 Å². The molecule has 9 heteroatoms. The van der Waals surface area contributed by atoms with Gasteiger partial charge >= 0.3 is 0 Å². The normalized spacial score (nSPS) is 10.8. The van der Waals surface area contributed by atoms with Gasteiger partial charge in [-0.1, -0.05) is 35.5 Å². The Kier molecular flexibility index (Phi) is 5.72. The molecule has 1 aromatic carbocycles. The van der Waals surface area contributed by atoms with Gasteiger partial charge in [-0.05, 0) is 23.6 Å². The minimum atomic E-state index is -0.433. The van der Waals surface area contributed by atoms with Crippen molar-refractivity contribution in [3.8, 4) is 10.8 Å². The van der Waals surface area contributed by atoms with Crippen LogP contribution in [0.2, 0.25) is 5.02 Å². The van der Waals surface area contributed by atoms with Crippen LogP contribution in [0.15, 0.2) is 45.4 Å². The monoisotopic (exact) mass is 397 g/mol. The first-order valence-electron chi connectivity index (χ1n) is 7.21. The highest BCUT2D eigenvalue weighted by Crippen LogP contribution is 2.27. The fourth-order valence-corrected chi connectivity index (χ4v) is 3.58. The first-order chi connectivity index (χ1) is 12.0. The number of aromatic nitrogens is 2. The number of carbonyl (C=O) groups is 1. The van der Waals surface area contributed by atoms with Crippen LogP contribution in [0.3, 0.4) is 0 Å². The van der Waals surface area contributed by atoms with E-state index in [4.69, 9.17) is 16.0 Å². The number of benzene rings is 1. The van der Waals surface area contributed by atoms with Crippen LogP contribution in [0.1, 0.15) is 5.56 Å². The van der Waals surface area contributed by atoms with Crippen molar-refractivity contribution in [3.05, 3.63) is 52.1 Å². The molecule has 130 valence electrons. The van der Waals surface area contributed by atoms with E-state index in [1.807, 2.05) is 17.5 Å². The lowest BCUT2D eigenvalue weighted by Gasteiger charge is -2.17. The highest BCUT2D eigenvalue weighted by atomic mass is 35.5. The van der Waals surface area contributed by atoms with Crippen LogP contribution in [0.25, 0.3) is 10.8 Å². The first-order valence-corrected chi connectivity index (χ1v) is 9.46. The minimum Gasteiger partial charge on any atom is -0.410 e. The maximum Gasteiger partial charge on any atom is 0.277 e. The van der Waals surface area contributed by atoms with Crippen LogP contribution in [-0.2, 0) is 11.3 Å². The van der Waals surface area contributed by atoms with Crippen LogP contribution >= 0.6 is 34.7 Å². The molecule has 3 aromatic rings. The standard InChI is InChI=1S/C16H13ClFN3O2S2/c1-21(8-10-11(17)4-2-5-12(10)18)14(22)9-25-16-20-19-15(23-16)13-6-3-7-24-13/h2-7H,8-9H2,1H3. The zero-order valence-corrected chi connectivity index (χ0v) is 15.5. The molecule has 0 saturated carbocycles. The summed E-state index contributed by atoms with van der Waals surface area (Å²) in [5.74, 6) is -0.0943. The van der Waals surface area contributed by atoms with E-state index in [-0.39, 0.29) is 18.2 Å². The van der Waals surface area contributed by atoms with Gasteiger partial charge in [0.1, 0.15) is 5.82 Å². The molecule has 25 heavy (non-hydrogen) atoms. The average Bonchev–Trinajstić information content (AvgIpc) is 3.26. The van der Waals surface area contributed by atoms with Crippen molar-refractivity contribution < 1.29 is 13.6 Å². The van der Waals surface area contributed by atoms with Crippen LogP contribution in [0.4, 0.5) is 4.39 Å². The summed E-state index contributed by atoms with van der Waals surface area (Å²) in [6.45, 7) is 0.0924. The van der Waals surface area contributed by atoms with Crippen molar-refractivity contribution in [2.75, 3.05) is 12.8 Å². The molecule has 0 aliphatic heterocycles. The highest BCUT2D eigenvalue weighted by Gasteiger charge is 2.16. The molecule has 2 heterocycles. The van der Waals surface area contributed by atoms with Gasteiger partial charge in [-0.3, -0.25) is 4.79 Å². The lowest BCUT2D eigenvalue weighted by molar-refractivity contribution is -0.127. The SMILES string of the molecule is CN(Cc1c(F)cccc1Cl)C(=O)CSc1nnc(-c2cccs2)o1. The summed E-state index contributed by atoms with van der Waals surface area (Å²) in [5.41, 5.74) is 0.294. The van der Waals surface area contributed by atoms with Gasteiger partial charge in [0.15, 0.2) is 0 Å². The van der Waals surface area contributed by atoms with Gasteiger partial charge in [-0.2, -0.15) is 0 Å². The van der Waals surface area contributed by atoms with E-state index in [0.29, 0.717) is 21.7 Å². The zero-order chi connectivity index (χ0) is 17.8. The van der Waals surface area contributed by atoms with Crippen LogP contribution in [-0.4, -0.2) is 33.8 Å². The first kappa shape index (κ1) is 17.9. The molecule has 5 nitrogen and oxygen atoms in total. The number of thiophene rings is 1. The molecule has 0 N–H and O–H groups in total. The number of hydrogen-bond donors (Lipinski definition) is 0. The summed E-state index contributed by atoms with van der Waals surface area (Å²) in [6.07, 6.45) is 0. The number of nitrogens with zero attached hydrogens (tertiary/aromatic N) is 3. The molecule has 0 radical (unpaired) electrons. The number of amides is 1. The second-order valence-corrected chi connectivity index (χ2v) is 7.37. The molecule has 0 fully saturated rings. The van der Waals surface area contributed by atoms with Crippen molar-refractivity contribution in [1.82, 2.24) is 15.1 Å². The molecule has 0 spiro atoms. The molecule has 0 atom stereocenters. The number of halogens is 2. The Balaban J connectivity index is 1.57. The van der Waals surface area contributed by atoms with Gasteiger partial charge in [0, 0.05) is 24.2 Å². The quantitative estimate of drug-likeness (QED) is 0.579. The molecule has 1 amide bonds. The van der Waals surface area contributed by atoms with E-state index >= 15 is 0 Å². The maximum atomic E-state index is 13.8. The van der Waals surface area contributed by atoms with E-state index in [1.165, 1.54) is 28.4 Å². The number of thioether (sulfide) groups is 1. The lowest BCUT2D eigenvalue weighted by atomic mass is 10.2. The van der Waals surface area contributed by atoms with E-state index in [9.17, 15) is 9.18 Å². The van der Waals surface area contributed by atoms with Gasteiger partial charge in [0.05, 0.1) is 10.6 Å². The van der Waals surface area contributed by atoms with Gasteiger partial charge in [-0.25, -0.2) is 4.39 Å². The van der Waals surface area contributed by atoms with Crippen LogP contribution in [0, 0.1) is 5.82 Å². The van der Waals surface area contributed by atoms with E-state index in [1.54, 1.807) is 13.1 Å². The van der Waals surface area contributed by atoms with Crippen molar-refractivity contribution in [3.63, 3.8) is 0 Å². The Bertz CT molecular complexity index is 850. The molecule has 0 bridgehead atoms. The second-order valence-electron chi connectivity index (χ2n) is 5.09. The Morgan fingerprint density at radius 3 is 2.92 bits per heavy atom. The Hall–Kier alpha value is -1.90. The third kappa shape index (κ3) is 4.39. The van der Waals surface area contributed by atoms with Crippen molar-refractivity contribution >= 4 is 40.6 Å². The average molecular weight is 398 g/mol. The van der Waals surface area contributed by atoms with Gasteiger partial charge in [0.2, 0.25) is 5.91 Å². The molecule has 0 aliphatic carbocycles. The fraction of sp³-hybridized carbons (Fsp3) is 0.188. The van der Waals surface area contributed by atoms with Crippen molar-refractivity contribution in [2.45, 2.75) is 11.8 Å². The van der Waals surface area contributed by atoms with Gasteiger partial charge in [-0.15, -0.1) is 21.5 Å². The predicted octanol–water partition coefficient (Wildman–Crippen LogP) is 4.34. The summed E-state index contributed by atoms with van der Waals surface area (Å²) in [5, 5.41) is 10.4. The third-order valence-corrected chi connectivity index (χ3v) is 5.36. The summed E-state index contributed by atoms with van der Waals surface area (Å²) in [6, 6.07) is 8.21. The van der Waals surface area contributed by atoms with E-state index < -0.39 is 5.82 Å². The van der Waals surface area contributed by atoms with Crippen molar-refractivity contribution in [2.24, 2.45) is 0 Å². The van der Waals surface area contributed by atoms with Gasteiger partial charge < -0.3 is 9.32 Å². The number of hydrogen-bond acceptors (Lipinski definition) is 6. The fourth-order valence-electron chi connectivity index (χ4n) is 2.01. The maximum absolute atomic E-state index is 13.8. The number of rotatable bonds is 6. The Morgan fingerprint density at radius 2 is 2.20 bits per heavy atom. The number of carbonyl (C=O) groups excluding carboxylic acids is 1. The lowest BCUT2D eigenvalue weighted by Crippen LogP contribution is -2.28. The molecular formula is C16H13ClFN3O2S2. The summed E-state index contributed by atoms with van der Waals surface area (Å²) < 4.78 is 19.3. The van der Waals surface area contributed by atoms with E-state index in [2.05, 4.69) is 10.2 Å². The van der Waals surface area contributed by atoms with Gasteiger partial charge in [0.25, 0.3) is 11.1 Å². The highest BCUT2D eigenvalue weighted by molar-refractivity contribution is 7.99. The zero-order valence-electron chi connectivity index (χ0n) is 13.1. The largest absolute Gasteiger partial charge is 0.410 e. The molecule has 0 aliphatic rings. The molecule has 0 saturated heterocycles. The molecular weight excluding hydrogens is 385 g/mol. The predicted molar refractivity (Wildman–Crippen MR) is 96.2 cm³/mol. The molecule has 2 aromatic heterocycles. The Labute approximate surface area is 156 Å². The summed E-state index contributed by atoms with van der Waals surface area (Å²) >= 11 is 8.62. The second kappa shape index (κ2) is 7.99. The smallest absolute Gasteiger partial charge is 0.277 e. The molecule has 3 rings (SSSR count). The third-order valence-electron chi connectivity index (χ3n) is 3.34. The molecule has 0 unspecified atom stereocenters. The van der Waals surface area contributed by atoms with Crippen molar-refractivity contribution in [1.29, 1.82) is 0 Å². The van der Waals surface area contributed by atoms with E-state index in [0.717, 1.165) is 16.6 Å². The summed E-state index contributed by atoms with van der Waals surface area (Å²) in [4.78, 5) is 14.5. The summed E-state index contributed by atoms with van der Waals surface area (Å²) in [7, 11) is 1.59. The van der Waals surface area contributed by atoms with Crippen LogP contribution in [0.5, 0.6) is 0 Å². The Morgan fingerprint density at radius 1 is 1.36 bits per heavy atom.